The van der Waals surface area contributed by atoms with E-state index in [0.717, 1.165) is 16.8 Å². The number of esters is 1. The van der Waals surface area contributed by atoms with Crippen LogP contribution in [-0.2, 0) is 9.53 Å². The van der Waals surface area contributed by atoms with Crippen molar-refractivity contribution in [3.05, 3.63) is 77.2 Å². The van der Waals surface area contributed by atoms with Crippen LogP contribution in [0, 0.1) is 6.92 Å². The summed E-state index contributed by atoms with van der Waals surface area (Å²) in [7, 11) is 3.95. The molecule has 1 aliphatic rings. The minimum atomic E-state index is -0.494. The molecule has 140 valence electrons. The Hall–Kier alpha value is -3.67. The molecule has 6 heteroatoms. The molecule has 1 aliphatic heterocycles. The molecule has 0 aliphatic carbocycles. The van der Waals surface area contributed by atoms with Crippen LogP contribution in [0.25, 0.3) is 17.3 Å². The van der Waals surface area contributed by atoms with E-state index in [0.29, 0.717) is 17.0 Å². The summed E-state index contributed by atoms with van der Waals surface area (Å²) in [6.45, 7) is 1.77. The van der Waals surface area contributed by atoms with Crippen LogP contribution in [0.2, 0.25) is 0 Å². The van der Waals surface area contributed by atoms with Crippen molar-refractivity contribution in [2.75, 3.05) is 19.0 Å². The van der Waals surface area contributed by atoms with Gasteiger partial charge in [-0.25, -0.2) is 9.79 Å². The number of aryl methyl sites for hydroxylation is 1. The molecule has 0 saturated heterocycles. The average molecular weight is 373 g/mol. The fourth-order valence-corrected chi connectivity index (χ4v) is 2.96. The minimum Gasteiger partial charge on any atom is -0.402 e. The molecule has 4 rings (SSSR count). The van der Waals surface area contributed by atoms with E-state index in [2.05, 4.69) is 10.1 Å². The van der Waals surface area contributed by atoms with Gasteiger partial charge in [-0.2, -0.15) is 0 Å². The molecule has 2 heterocycles. The molecule has 0 N–H and O–H groups in total. The normalized spacial score (nSPS) is 14.9. The van der Waals surface area contributed by atoms with Crippen molar-refractivity contribution in [1.82, 2.24) is 5.16 Å². The minimum absolute atomic E-state index is 0.207. The van der Waals surface area contributed by atoms with E-state index >= 15 is 0 Å². The number of carbonyl (C=O) groups is 1. The van der Waals surface area contributed by atoms with Gasteiger partial charge in [0, 0.05) is 25.3 Å². The third-order valence-electron chi connectivity index (χ3n) is 4.46. The molecule has 0 fully saturated rings. The van der Waals surface area contributed by atoms with Crippen LogP contribution in [0.5, 0.6) is 0 Å². The number of carbonyl (C=O) groups excluding carboxylic acids is 1. The molecule has 28 heavy (non-hydrogen) atoms. The average Bonchev–Trinajstić information content (AvgIpc) is 3.25. The zero-order chi connectivity index (χ0) is 19.7. The Balaban J connectivity index is 1.70. The van der Waals surface area contributed by atoms with Gasteiger partial charge in [-0.3, -0.25) is 0 Å². The highest BCUT2D eigenvalue weighted by molar-refractivity contribution is 6.15. The largest absolute Gasteiger partial charge is 0.402 e. The fourth-order valence-electron chi connectivity index (χ4n) is 2.96. The van der Waals surface area contributed by atoms with Crippen molar-refractivity contribution in [3.63, 3.8) is 0 Å². The van der Waals surface area contributed by atoms with E-state index in [9.17, 15) is 4.79 Å². The second kappa shape index (κ2) is 7.15. The van der Waals surface area contributed by atoms with E-state index in [4.69, 9.17) is 9.26 Å². The summed E-state index contributed by atoms with van der Waals surface area (Å²) in [5.74, 6) is 0.257. The third kappa shape index (κ3) is 3.32. The van der Waals surface area contributed by atoms with Crippen molar-refractivity contribution < 1.29 is 14.1 Å². The Morgan fingerprint density at radius 2 is 1.71 bits per heavy atom. The highest BCUT2D eigenvalue weighted by atomic mass is 16.6. The lowest BCUT2D eigenvalue weighted by Crippen LogP contribution is -2.08. The molecule has 2 aromatic carbocycles. The van der Waals surface area contributed by atoms with Crippen LogP contribution in [0.1, 0.15) is 16.9 Å². The van der Waals surface area contributed by atoms with Gasteiger partial charge in [0.1, 0.15) is 17.0 Å². The molecule has 0 unspecified atom stereocenters. The Bertz CT molecular complexity index is 1080. The highest BCUT2D eigenvalue weighted by Crippen LogP contribution is 2.29. The third-order valence-corrected chi connectivity index (χ3v) is 4.46. The summed E-state index contributed by atoms with van der Waals surface area (Å²) in [6, 6.07) is 17.4. The van der Waals surface area contributed by atoms with Gasteiger partial charge in [-0.15, -0.1) is 0 Å². The number of hydrogen-bond donors (Lipinski definition) is 0. The molecule has 0 saturated carbocycles. The predicted molar refractivity (Wildman–Crippen MR) is 108 cm³/mol. The Labute approximate surface area is 162 Å². The maximum absolute atomic E-state index is 12.4. The topological polar surface area (TPSA) is 67.9 Å². The monoisotopic (exact) mass is 373 g/mol. The van der Waals surface area contributed by atoms with Gasteiger partial charge >= 0.3 is 5.97 Å². The number of hydrogen-bond acceptors (Lipinski definition) is 6. The molecular weight excluding hydrogens is 354 g/mol. The zero-order valence-corrected chi connectivity index (χ0v) is 15.8. The van der Waals surface area contributed by atoms with Crippen molar-refractivity contribution >= 4 is 23.6 Å². The molecule has 0 bridgehead atoms. The van der Waals surface area contributed by atoms with Crippen molar-refractivity contribution in [2.24, 2.45) is 4.99 Å². The maximum Gasteiger partial charge on any atom is 0.363 e. The SMILES string of the molecule is Cc1onc(-c2ccccc2)c1C1=NC(=Cc2ccc(N(C)C)cc2)C(=O)O1. The van der Waals surface area contributed by atoms with E-state index in [1.165, 1.54) is 0 Å². The predicted octanol–water partition coefficient (Wildman–Crippen LogP) is 4.06. The fraction of sp³-hybridized carbons (Fsp3) is 0.136. The smallest absolute Gasteiger partial charge is 0.363 e. The molecular formula is C22H19N3O3. The highest BCUT2D eigenvalue weighted by Gasteiger charge is 2.30. The Morgan fingerprint density at radius 1 is 1.00 bits per heavy atom. The van der Waals surface area contributed by atoms with Gasteiger partial charge in [0.15, 0.2) is 5.70 Å². The van der Waals surface area contributed by atoms with Gasteiger partial charge in [0.05, 0.1) is 0 Å². The van der Waals surface area contributed by atoms with Gasteiger partial charge in [0.2, 0.25) is 5.90 Å². The molecule has 0 atom stereocenters. The number of aromatic nitrogens is 1. The summed E-state index contributed by atoms with van der Waals surface area (Å²) in [5, 5.41) is 4.12. The number of ether oxygens (including phenoxy) is 1. The molecule has 3 aromatic rings. The standard InChI is InChI=1S/C22H19N3O3/c1-14-19(20(24-28-14)16-7-5-4-6-8-16)21-23-18(22(26)27-21)13-15-9-11-17(12-10-15)25(2)3/h4-13H,1-3H3. The second-order valence-corrected chi connectivity index (χ2v) is 6.65. The summed E-state index contributed by atoms with van der Waals surface area (Å²) in [6.07, 6.45) is 1.71. The lowest BCUT2D eigenvalue weighted by atomic mass is 10.1. The van der Waals surface area contributed by atoms with Gasteiger partial charge < -0.3 is 14.2 Å². The maximum atomic E-state index is 12.4. The van der Waals surface area contributed by atoms with Crippen LogP contribution in [-0.4, -0.2) is 31.1 Å². The molecule has 0 spiro atoms. The van der Waals surface area contributed by atoms with E-state index in [1.54, 1.807) is 13.0 Å². The van der Waals surface area contributed by atoms with Crippen molar-refractivity contribution in [2.45, 2.75) is 6.92 Å². The molecule has 0 amide bonds. The second-order valence-electron chi connectivity index (χ2n) is 6.65. The van der Waals surface area contributed by atoms with E-state index in [1.807, 2.05) is 73.6 Å². The number of anilines is 1. The van der Waals surface area contributed by atoms with Crippen LogP contribution < -0.4 is 4.90 Å². The van der Waals surface area contributed by atoms with Crippen LogP contribution in [0.3, 0.4) is 0 Å². The first-order valence-corrected chi connectivity index (χ1v) is 8.85. The Morgan fingerprint density at radius 3 is 2.39 bits per heavy atom. The molecule has 1 aromatic heterocycles. The number of aliphatic imine (C=N–C) groups is 1. The van der Waals surface area contributed by atoms with Crippen molar-refractivity contribution in [3.8, 4) is 11.3 Å². The number of benzene rings is 2. The summed E-state index contributed by atoms with van der Waals surface area (Å²) in [4.78, 5) is 18.8. The zero-order valence-electron chi connectivity index (χ0n) is 15.8. The first-order valence-electron chi connectivity index (χ1n) is 8.85. The molecule has 0 radical (unpaired) electrons. The van der Waals surface area contributed by atoms with E-state index < -0.39 is 5.97 Å². The first-order chi connectivity index (χ1) is 13.5. The quantitative estimate of drug-likeness (QED) is 0.510. The summed E-state index contributed by atoms with van der Waals surface area (Å²) < 4.78 is 10.8. The van der Waals surface area contributed by atoms with Crippen molar-refractivity contribution in [1.29, 1.82) is 0 Å². The van der Waals surface area contributed by atoms with Gasteiger partial charge in [-0.1, -0.05) is 47.6 Å². The number of nitrogens with zero attached hydrogens (tertiary/aromatic N) is 3. The number of rotatable bonds is 4. The number of cyclic esters (lactones) is 1. The lowest BCUT2D eigenvalue weighted by molar-refractivity contribution is -0.129. The summed E-state index contributed by atoms with van der Waals surface area (Å²) in [5.41, 5.74) is 4.24. The first kappa shape index (κ1) is 17.7. The van der Waals surface area contributed by atoms with Crippen LogP contribution in [0.15, 0.2) is 69.8 Å². The van der Waals surface area contributed by atoms with Gasteiger partial charge in [0.25, 0.3) is 0 Å². The lowest BCUT2D eigenvalue weighted by Gasteiger charge is -2.11. The van der Waals surface area contributed by atoms with E-state index in [-0.39, 0.29) is 11.6 Å². The summed E-state index contributed by atoms with van der Waals surface area (Å²) >= 11 is 0. The molecule has 6 nitrogen and oxygen atoms in total. The van der Waals surface area contributed by atoms with Gasteiger partial charge in [-0.05, 0) is 30.7 Å². The van der Waals surface area contributed by atoms with Crippen LogP contribution >= 0.6 is 0 Å². The van der Waals surface area contributed by atoms with Crippen LogP contribution in [0.4, 0.5) is 5.69 Å². The Kier molecular flexibility index (Phi) is 4.53.